The van der Waals surface area contributed by atoms with Gasteiger partial charge in [0.15, 0.2) is 5.78 Å². The minimum Gasteiger partial charge on any atom is -0.295 e. The van der Waals surface area contributed by atoms with E-state index in [1.54, 1.807) is 18.2 Å². The first-order chi connectivity index (χ1) is 10.7. The van der Waals surface area contributed by atoms with Gasteiger partial charge >= 0.3 is 0 Å². The van der Waals surface area contributed by atoms with E-state index in [0.717, 1.165) is 23.1 Å². The number of rotatable bonds is 3. The number of hydrogen-bond donors (Lipinski definition) is 0. The summed E-state index contributed by atoms with van der Waals surface area (Å²) in [5.74, 6) is 0.0208. The lowest BCUT2D eigenvalue weighted by Gasteiger charge is -2.21. The van der Waals surface area contributed by atoms with Gasteiger partial charge in [-0.1, -0.05) is 54.6 Å². The van der Waals surface area contributed by atoms with Gasteiger partial charge in [-0.15, -0.1) is 0 Å². The molecule has 1 atom stereocenters. The van der Waals surface area contributed by atoms with Crippen LogP contribution in [0.2, 0.25) is 0 Å². The van der Waals surface area contributed by atoms with Crippen molar-refractivity contribution in [2.45, 2.75) is 18.8 Å². The summed E-state index contributed by atoms with van der Waals surface area (Å²) in [6.45, 7) is 0. The van der Waals surface area contributed by atoms with Gasteiger partial charge in [-0.05, 0) is 47.2 Å². The van der Waals surface area contributed by atoms with Crippen molar-refractivity contribution in [3.8, 4) is 0 Å². The van der Waals surface area contributed by atoms with Crippen molar-refractivity contribution in [1.82, 2.24) is 0 Å². The highest BCUT2D eigenvalue weighted by atomic mass is 19.1. The molecule has 0 saturated heterocycles. The Morgan fingerprint density at radius 1 is 0.909 bits per heavy atom. The highest BCUT2D eigenvalue weighted by Crippen LogP contribution is 2.32. The number of ketones is 1. The molecule has 0 fully saturated rings. The van der Waals surface area contributed by atoms with Crippen LogP contribution in [0.1, 0.15) is 29.9 Å². The molecule has 1 nitrogen and oxygen atoms in total. The molecule has 0 bridgehead atoms. The second-order valence-corrected chi connectivity index (χ2v) is 5.59. The molecule has 22 heavy (non-hydrogen) atoms. The normalized spacial score (nSPS) is 18.5. The van der Waals surface area contributed by atoms with E-state index < -0.39 is 0 Å². The fraction of sp³-hybridized carbons (Fsp3) is 0.150. The highest BCUT2D eigenvalue weighted by Gasteiger charge is 2.21. The zero-order valence-electron chi connectivity index (χ0n) is 12.2. The number of halogens is 1. The van der Waals surface area contributed by atoms with Crippen LogP contribution < -0.4 is 0 Å². The molecule has 0 radical (unpaired) electrons. The van der Waals surface area contributed by atoms with E-state index in [1.165, 1.54) is 12.1 Å². The topological polar surface area (TPSA) is 17.1 Å². The molecule has 2 aromatic rings. The monoisotopic (exact) mass is 292 g/mol. The molecule has 3 rings (SSSR count). The van der Waals surface area contributed by atoms with Gasteiger partial charge in [0, 0.05) is 6.42 Å². The maximum Gasteiger partial charge on any atom is 0.156 e. The summed E-state index contributed by atoms with van der Waals surface area (Å²) >= 11 is 0. The average Bonchev–Trinajstić information content (AvgIpc) is 2.54. The lowest BCUT2D eigenvalue weighted by molar-refractivity contribution is -0.115. The maximum absolute atomic E-state index is 13.0. The van der Waals surface area contributed by atoms with E-state index in [4.69, 9.17) is 0 Å². The van der Waals surface area contributed by atoms with E-state index in [1.807, 2.05) is 42.5 Å². The second-order valence-electron chi connectivity index (χ2n) is 5.59. The van der Waals surface area contributed by atoms with Crippen molar-refractivity contribution in [3.05, 3.63) is 89.3 Å². The SMILES string of the molecule is O=C1C=C(/C=C/c2ccccc2)C[C@@H](c2ccc(F)cc2)C1. The Bertz CT molecular complexity index is 711. The lowest BCUT2D eigenvalue weighted by Crippen LogP contribution is -2.12. The van der Waals surface area contributed by atoms with Crippen LogP contribution in [0.15, 0.2) is 72.3 Å². The van der Waals surface area contributed by atoms with Crippen LogP contribution in [0.4, 0.5) is 4.39 Å². The molecule has 1 aliphatic rings. The molecule has 0 aromatic heterocycles. The molecule has 110 valence electrons. The van der Waals surface area contributed by atoms with Crippen molar-refractivity contribution < 1.29 is 9.18 Å². The lowest BCUT2D eigenvalue weighted by atomic mass is 9.83. The first-order valence-corrected chi connectivity index (χ1v) is 7.43. The largest absolute Gasteiger partial charge is 0.295 e. The molecule has 0 heterocycles. The minimum atomic E-state index is -0.245. The van der Waals surface area contributed by atoms with Gasteiger partial charge < -0.3 is 0 Å². The van der Waals surface area contributed by atoms with Gasteiger partial charge in [-0.2, -0.15) is 0 Å². The molecule has 0 unspecified atom stereocenters. The van der Waals surface area contributed by atoms with E-state index in [0.29, 0.717) is 6.42 Å². The maximum atomic E-state index is 13.0. The Kier molecular flexibility index (Phi) is 4.29. The van der Waals surface area contributed by atoms with Gasteiger partial charge in [0.2, 0.25) is 0 Å². The van der Waals surface area contributed by atoms with E-state index in [-0.39, 0.29) is 17.5 Å². The second kappa shape index (κ2) is 6.52. The van der Waals surface area contributed by atoms with Crippen LogP contribution in [0.5, 0.6) is 0 Å². The van der Waals surface area contributed by atoms with Crippen LogP contribution in [0.3, 0.4) is 0 Å². The molecular formula is C20H17FO. The molecule has 0 spiro atoms. The van der Waals surface area contributed by atoms with Crippen LogP contribution in [-0.2, 0) is 4.79 Å². The predicted octanol–water partition coefficient (Wildman–Crippen LogP) is 4.91. The summed E-state index contributed by atoms with van der Waals surface area (Å²) in [7, 11) is 0. The summed E-state index contributed by atoms with van der Waals surface area (Å²) in [5, 5.41) is 0. The van der Waals surface area contributed by atoms with Crippen molar-refractivity contribution in [3.63, 3.8) is 0 Å². The van der Waals surface area contributed by atoms with Crippen molar-refractivity contribution in [2.75, 3.05) is 0 Å². The fourth-order valence-electron chi connectivity index (χ4n) is 2.78. The standard InChI is InChI=1S/C20H17FO/c21-19-10-8-17(9-11-19)18-12-16(13-20(22)14-18)7-6-15-4-2-1-3-5-15/h1-11,13,18H,12,14H2/b7-6+/t18-/m1/s1. The van der Waals surface area contributed by atoms with Crippen LogP contribution in [0.25, 0.3) is 6.08 Å². The summed E-state index contributed by atoms with van der Waals surface area (Å²) in [6, 6.07) is 16.5. The summed E-state index contributed by atoms with van der Waals surface area (Å²) in [6.07, 6.45) is 7.05. The molecule has 0 saturated carbocycles. The quantitative estimate of drug-likeness (QED) is 0.785. The van der Waals surface area contributed by atoms with Crippen LogP contribution in [-0.4, -0.2) is 5.78 Å². The van der Waals surface area contributed by atoms with Gasteiger partial charge in [0.25, 0.3) is 0 Å². The molecule has 1 aliphatic carbocycles. The average molecular weight is 292 g/mol. The highest BCUT2D eigenvalue weighted by molar-refractivity contribution is 5.92. The molecule has 2 heteroatoms. The number of carbonyl (C=O) groups excluding carboxylic acids is 1. The molecule has 2 aromatic carbocycles. The van der Waals surface area contributed by atoms with Gasteiger partial charge in [0.1, 0.15) is 5.82 Å². The zero-order chi connectivity index (χ0) is 15.4. The summed E-state index contributed by atoms with van der Waals surface area (Å²) < 4.78 is 13.0. The Hall–Kier alpha value is -2.48. The third kappa shape index (κ3) is 3.59. The van der Waals surface area contributed by atoms with E-state index >= 15 is 0 Å². The van der Waals surface area contributed by atoms with Crippen LogP contribution >= 0.6 is 0 Å². The van der Waals surface area contributed by atoms with Crippen molar-refractivity contribution in [1.29, 1.82) is 0 Å². The Labute approximate surface area is 129 Å². The Morgan fingerprint density at radius 2 is 1.64 bits per heavy atom. The van der Waals surface area contributed by atoms with E-state index in [9.17, 15) is 9.18 Å². The minimum absolute atomic E-state index is 0.133. The van der Waals surface area contributed by atoms with Gasteiger partial charge in [0.05, 0.1) is 0 Å². The molecule has 0 amide bonds. The molecule has 0 aliphatic heterocycles. The Morgan fingerprint density at radius 3 is 2.36 bits per heavy atom. The predicted molar refractivity (Wildman–Crippen MR) is 86.9 cm³/mol. The molecule has 0 N–H and O–H groups in total. The third-order valence-electron chi connectivity index (χ3n) is 3.91. The fourth-order valence-corrected chi connectivity index (χ4v) is 2.78. The summed E-state index contributed by atoms with van der Waals surface area (Å²) in [4.78, 5) is 12.0. The number of carbonyl (C=O) groups is 1. The van der Waals surface area contributed by atoms with Gasteiger partial charge in [-0.3, -0.25) is 4.79 Å². The van der Waals surface area contributed by atoms with Crippen molar-refractivity contribution in [2.24, 2.45) is 0 Å². The van der Waals surface area contributed by atoms with Crippen LogP contribution in [0, 0.1) is 5.82 Å². The smallest absolute Gasteiger partial charge is 0.156 e. The zero-order valence-corrected chi connectivity index (χ0v) is 12.2. The summed E-state index contributed by atoms with van der Waals surface area (Å²) in [5.41, 5.74) is 3.16. The van der Waals surface area contributed by atoms with Gasteiger partial charge in [-0.25, -0.2) is 4.39 Å². The molecular weight excluding hydrogens is 275 g/mol. The number of hydrogen-bond acceptors (Lipinski definition) is 1. The van der Waals surface area contributed by atoms with E-state index in [2.05, 4.69) is 0 Å². The number of allylic oxidation sites excluding steroid dienone is 3. The first kappa shape index (κ1) is 14.5. The third-order valence-corrected chi connectivity index (χ3v) is 3.91. The first-order valence-electron chi connectivity index (χ1n) is 7.43. The van der Waals surface area contributed by atoms with Crippen molar-refractivity contribution >= 4 is 11.9 Å². The Balaban J connectivity index is 1.77. The number of benzene rings is 2.